The third kappa shape index (κ3) is 7.19. The fraction of sp³-hybridized carbons (Fsp3) is 0.333. The van der Waals surface area contributed by atoms with Crippen molar-refractivity contribution < 1.29 is 22.9 Å². The van der Waals surface area contributed by atoms with Crippen molar-refractivity contribution >= 4 is 12.9 Å². The van der Waals surface area contributed by atoms with Crippen LogP contribution in [0.4, 0.5) is 13.2 Å². The van der Waals surface area contributed by atoms with Gasteiger partial charge in [-0.1, -0.05) is 60.2 Å². The van der Waals surface area contributed by atoms with Gasteiger partial charge in [-0.2, -0.15) is 13.2 Å². The van der Waals surface area contributed by atoms with Gasteiger partial charge in [0.15, 0.2) is 0 Å². The Morgan fingerprint density at radius 1 is 0.867 bits per heavy atom. The second kappa shape index (κ2) is 11.2. The molecular weight excluding hydrogens is 388 g/mol. The first kappa shape index (κ1) is 24.0. The molecule has 6 heteroatoms. The van der Waals surface area contributed by atoms with E-state index in [4.69, 9.17) is 9.78 Å². The molecule has 2 aromatic carbocycles. The van der Waals surface area contributed by atoms with Crippen molar-refractivity contribution in [3.8, 4) is 0 Å². The Bertz CT molecular complexity index is 883. The van der Waals surface area contributed by atoms with Gasteiger partial charge in [-0.25, -0.2) is 9.78 Å². The first-order chi connectivity index (χ1) is 14.2. The van der Waals surface area contributed by atoms with Gasteiger partial charge >= 0.3 is 6.08 Å². The molecule has 0 spiro atoms. The molecule has 30 heavy (non-hydrogen) atoms. The number of alkyl halides is 3. The highest BCUT2D eigenvalue weighted by molar-refractivity contribution is 6.39. The predicted molar refractivity (Wildman–Crippen MR) is 116 cm³/mol. The average molecular weight is 415 g/mol. The van der Waals surface area contributed by atoms with Gasteiger partial charge in [0, 0.05) is 0 Å². The van der Waals surface area contributed by atoms with Crippen molar-refractivity contribution in [2.24, 2.45) is 0 Å². The van der Waals surface area contributed by atoms with E-state index in [1.807, 2.05) is 75.4 Å². The topological polar surface area (TPSA) is 18.5 Å². The smallest absolute Gasteiger partial charge is 0.240 e. The molecule has 0 heterocycles. The van der Waals surface area contributed by atoms with Crippen LogP contribution in [-0.4, -0.2) is 20.5 Å². The molecule has 0 bridgehead atoms. The first-order valence-corrected chi connectivity index (χ1v) is 9.78. The minimum absolute atomic E-state index is 0.179. The van der Waals surface area contributed by atoms with Gasteiger partial charge in [-0.3, -0.25) is 0 Å². The van der Waals surface area contributed by atoms with Crippen molar-refractivity contribution in [1.82, 2.24) is 0 Å². The summed E-state index contributed by atoms with van der Waals surface area (Å²) in [7, 11) is 1.87. The molecule has 0 unspecified atom stereocenters. The fourth-order valence-corrected chi connectivity index (χ4v) is 3.35. The maximum atomic E-state index is 13.1. The van der Waals surface area contributed by atoms with Crippen molar-refractivity contribution in [2.75, 3.05) is 7.11 Å². The second-order valence-electron chi connectivity index (χ2n) is 7.27. The lowest BCUT2D eigenvalue weighted by Crippen LogP contribution is -2.19. The molecule has 0 aliphatic rings. The lowest BCUT2D eigenvalue weighted by atomic mass is 9.67. The normalized spacial score (nSPS) is 12.4. The third-order valence-electron chi connectivity index (χ3n) is 4.98. The quantitative estimate of drug-likeness (QED) is 0.195. The average Bonchev–Trinajstić information content (AvgIpc) is 2.71. The molecule has 0 fully saturated rings. The molecule has 0 amide bonds. The molecule has 0 saturated heterocycles. The Morgan fingerprint density at radius 3 is 2.03 bits per heavy atom. The van der Waals surface area contributed by atoms with Gasteiger partial charge in [0.2, 0.25) is 0 Å². The van der Waals surface area contributed by atoms with Gasteiger partial charge in [0.05, 0.1) is 7.11 Å². The highest BCUT2D eigenvalue weighted by Gasteiger charge is 2.30. The van der Waals surface area contributed by atoms with Crippen LogP contribution in [0.2, 0.25) is 6.32 Å². The molecule has 159 valence electrons. The number of rotatable bonds is 9. The van der Waals surface area contributed by atoms with Crippen molar-refractivity contribution in [1.29, 1.82) is 0 Å². The maximum Gasteiger partial charge on any atom is 0.339 e. The number of allylic oxidation sites excluding steroid dienone is 4. The number of benzene rings is 2. The van der Waals surface area contributed by atoms with E-state index in [1.165, 1.54) is 7.11 Å². The minimum atomic E-state index is -4.33. The van der Waals surface area contributed by atoms with E-state index < -0.39 is 6.08 Å². The van der Waals surface area contributed by atoms with Crippen LogP contribution in [0, 0.1) is 0 Å². The molecule has 2 rings (SSSR count). The van der Waals surface area contributed by atoms with Crippen LogP contribution in [-0.2, 0) is 22.8 Å². The molecule has 2 aromatic rings. The molecule has 1 radical (unpaired) electrons. The SMILES string of the molecule is COOCc1ccccc1CC(=C(C)C)/C(C[B]C(F)(F)F)=C(\C)c1ccccc1. The fourth-order valence-electron chi connectivity index (χ4n) is 3.35. The monoisotopic (exact) mass is 415 g/mol. The zero-order chi connectivity index (χ0) is 22.1. The van der Waals surface area contributed by atoms with Crippen molar-refractivity contribution in [3.63, 3.8) is 0 Å². The van der Waals surface area contributed by atoms with Gasteiger partial charge in [-0.05, 0) is 66.9 Å². The lowest BCUT2D eigenvalue weighted by molar-refractivity contribution is -0.282. The Labute approximate surface area is 177 Å². The van der Waals surface area contributed by atoms with Crippen LogP contribution in [0.3, 0.4) is 0 Å². The van der Waals surface area contributed by atoms with E-state index in [2.05, 4.69) is 0 Å². The molecule has 0 N–H and O–H groups in total. The van der Waals surface area contributed by atoms with Crippen molar-refractivity contribution in [3.05, 3.63) is 88.0 Å². The van der Waals surface area contributed by atoms with Crippen LogP contribution in [0.25, 0.3) is 5.57 Å². The second-order valence-corrected chi connectivity index (χ2v) is 7.27. The first-order valence-electron chi connectivity index (χ1n) is 9.78. The van der Waals surface area contributed by atoms with E-state index in [1.54, 1.807) is 0 Å². The third-order valence-corrected chi connectivity index (χ3v) is 4.98. The lowest BCUT2D eigenvalue weighted by Gasteiger charge is -2.20. The van der Waals surface area contributed by atoms with Gasteiger partial charge < -0.3 is 0 Å². The van der Waals surface area contributed by atoms with Crippen LogP contribution in [0.15, 0.2) is 71.3 Å². The molecular formula is C24H27BF3O2. The van der Waals surface area contributed by atoms with E-state index >= 15 is 0 Å². The van der Waals surface area contributed by atoms with Crippen LogP contribution >= 0.6 is 0 Å². The maximum absolute atomic E-state index is 13.1. The summed E-state index contributed by atoms with van der Waals surface area (Å²) in [6.07, 6.45) is -4.00. The standard InChI is InChI=1S/C24H27BF3O2/c1-17(2)22(14-20-12-8-9-13-21(20)16-30-29-4)23(15-25-24(26,27)28)18(3)19-10-6-5-7-11-19/h5-13H,14-16H2,1-4H3/b23-18+. The summed E-state index contributed by atoms with van der Waals surface area (Å²) >= 11 is 0. The number of hydrogen-bond donors (Lipinski definition) is 0. The Balaban J connectivity index is 2.50. The molecule has 0 aliphatic heterocycles. The largest absolute Gasteiger partial charge is 0.339 e. The minimum Gasteiger partial charge on any atom is -0.240 e. The predicted octanol–water partition coefficient (Wildman–Crippen LogP) is 6.76. The molecule has 0 saturated carbocycles. The van der Waals surface area contributed by atoms with Crippen LogP contribution < -0.4 is 0 Å². The Kier molecular flexibility index (Phi) is 8.94. The van der Waals surface area contributed by atoms with Gasteiger partial charge in [0.25, 0.3) is 7.28 Å². The summed E-state index contributed by atoms with van der Waals surface area (Å²) < 4.78 is 39.2. The molecule has 2 nitrogen and oxygen atoms in total. The summed E-state index contributed by atoms with van der Waals surface area (Å²) in [6.45, 7) is 6.04. The Morgan fingerprint density at radius 2 is 1.47 bits per heavy atom. The summed E-state index contributed by atoms with van der Waals surface area (Å²) in [5, 5.41) is 0. The summed E-state index contributed by atoms with van der Waals surface area (Å²) in [5.41, 5.74) is 6.28. The van der Waals surface area contributed by atoms with E-state index in [9.17, 15) is 13.2 Å². The Hall–Kier alpha value is -2.31. The highest BCUT2D eigenvalue weighted by Crippen LogP contribution is 2.33. The van der Waals surface area contributed by atoms with E-state index in [0.29, 0.717) is 19.3 Å². The molecule has 0 atom stereocenters. The van der Waals surface area contributed by atoms with E-state index in [-0.39, 0.29) is 12.9 Å². The number of halogens is 3. The molecule has 0 aliphatic carbocycles. The van der Waals surface area contributed by atoms with Crippen LogP contribution in [0.5, 0.6) is 0 Å². The zero-order valence-corrected chi connectivity index (χ0v) is 17.8. The summed E-state index contributed by atoms with van der Waals surface area (Å²) in [5.74, 6) is 0. The van der Waals surface area contributed by atoms with E-state index in [0.717, 1.165) is 33.4 Å². The van der Waals surface area contributed by atoms with Gasteiger partial charge in [-0.15, -0.1) is 0 Å². The van der Waals surface area contributed by atoms with Crippen molar-refractivity contribution in [2.45, 2.75) is 46.2 Å². The zero-order valence-electron chi connectivity index (χ0n) is 17.8. The summed E-state index contributed by atoms with van der Waals surface area (Å²) in [4.78, 5) is 9.81. The van der Waals surface area contributed by atoms with Gasteiger partial charge in [0.1, 0.15) is 6.61 Å². The highest BCUT2D eigenvalue weighted by atomic mass is 19.4. The number of hydrogen-bond acceptors (Lipinski definition) is 2. The molecule has 0 aromatic heterocycles. The van der Waals surface area contributed by atoms with Crippen LogP contribution in [0.1, 0.15) is 37.5 Å². The summed E-state index contributed by atoms with van der Waals surface area (Å²) in [6, 6.07) is 17.3.